The van der Waals surface area contributed by atoms with Crippen molar-refractivity contribution < 1.29 is 14.2 Å². The van der Waals surface area contributed by atoms with Crippen LogP contribution in [0.5, 0.6) is 0 Å². The number of fused-ring (bicyclic) bond motifs is 2. The van der Waals surface area contributed by atoms with E-state index in [9.17, 15) is 9.59 Å². The second kappa shape index (κ2) is 24.8. The standard InChI is InChI=1S/C61H76N10O2/c1-38(2)68-55-35-49(62)40(5)30-54(55)69-53-33-42(7)51(32-44(53)9)64-26-14-10-12-16-28-66-60(72)47-22-18-45(19-23-47)46-20-24-48(25-21-46)61(73)67-29-17-13-11-15-27-65-52-37-59-57(34-43(52)8)70-56-31-41(6)50(63)36-58(56)71(59)39(3)4/h18-25,30-39,64,68H,9-17,26-29,62H2,1-8H3,(H4,63,65,66,67,72,73)/p+1/b69-53-. The zero-order chi connectivity index (χ0) is 52.2. The highest BCUT2D eigenvalue weighted by Crippen LogP contribution is 2.33. The minimum atomic E-state index is -0.0742. The summed E-state index contributed by atoms with van der Waals surface area (Å²) < 4.78 is 2.33. The van der Waals surface area contributed by atoms with E-state index in [1.165, 1.54) is 5.56 Å². The molecule has 73 heavy (non-hydrogen) atoms. The lowest BCUT2D eigenvalue weighted by molar-refractivity contribution is -0.666. The Balaban J connectivity index is 0.756. The van der Waals surface area contributed by atoms with Gasteiger partial charge in [0.2, 0.25) is 11.0 Å². The molecule has 0 bridgehead atoms. The van der Waals surface area contributed by atoms with Crippen molar-refractivity contribution in [2.45, 2.75) is 119 Å². The van der Waals surface area contributed by atoms with Gasteiger partial charge in [-0.25, -0.2) is 9.98 Å². The number of anilines is 4. The van der Waals surface area contributed by atoms with Crippen LogP contribution in [0.25, 0.3) is 33.2 Å². The molecule has 0 aliphatic heterocycles. The number of hydrogen-bond acceptors (Lipinski definition) is 9. The summed E-state index contributed by atoms with van der Waals surface area (Å²) in [6.07, 6.45) is 12.2. The third kappa shape index (κ3) is 13.9. The molecule has 0 fully saturated rings. The largest absolute Gasteiger partial charge is 0.398 e. The number of aromatic nitrogens is 2. The zero-order valence-electron chi connectivity index (χ0n) is 44.4. The Morgan fingerprint density at radius 1 is 0.603 bits per heavy atom. The number of amides is 2. The number of rotatable bonds is 23. The summed E-state index contributed by atoms with van der Waals surface area (Å²) >= 11 is 0. The fourth-order valence-electron chi connectivity index (χ4n) is 9.23. The summed E-state index contributed by atoms with van der Waals surface area (Å²) in [5.41, 5.74) is 31.3. The molecule has 1 aliphatic rings. The Bertz CT molecular complexity index is 3060. The molecule has 1 heterocycles. The smallest absolute Gasteiger partial charge is 0.251 e. The van der Waals surface area contributed by atoms with Crippen LogP contribution in [0.4, 0.5) is 28.4 Å². The van der Waals surface area contributed by atoms with Crippen LogP contribution in [0.1, 0.15) is 129 Å². The Morgan fingerprint density at radius 3 is 1.67 bits per heavy atom. The van der Waals surface area contributed by atoms with Crippen LogP contribution in [-0.4, -0.2) is 54.7 Å². The Morgan fingerprint density at radius 2 is 1.11 bits per heavy atom. The Kier molecular flexibility index (Phi) is 18.1. The average Bonchev–Trinajstić information content (AvgIpc) is 3.35. The number of aryl methyl sites for hydroxylation is 3. The second-order valence-corrected chi connectivity index (χ2v) is 20.2. The normalized spacial score (nSPS) is 13.2. The molecule has 9 N–H and O–H groups in total. The van der Waals surface area contributed by atoms with Gasteiger partial charge in [-0.2, -0.15) is 4.57 Å². The summed E-state index contributed by atoms with van der Waals surface area (Å²) in [7, 11) is 0. The van der Waals surface area contributed by atoms with Gasteiger partial charge in [0.15, 0.2) is 6.04 Å². The molecule has 1 aliphatic carbocycles. The molecule has 0 atom stereocenters. The molecule has 12 nitrogen and oxygen atoms in total. The van der Waals surface area contributed by atoms with Crippen molar-refractivity contribution >= 4 is 68.0 Å². The van der Waals surface area contributed by atoms with Gasteiger partial charge in [0.25, 0.3) is 11.8 Å². The number of aliphatic imine (C=N–C) groups is 1. The van der Waals surface area contributed by atoms with Gasteiger partial charge in [-0.05, 0) is 181 Å². The second-order valence-electron chi connectivity index (χ2n) is 20.2. The first-order valence-corrected chi connectivity index (χ1v) is 26.2. The number of nitrogen functional groups attached to an aromatic ring is 2. The van der Waals surface area contributed by atoms with E-state index in [1.54, 1.807) is 0 Å². The lowest BCUT2D eigenvalue weighted by Crippen LogP contribution is -2.38. The van der Waals surface area contributed by atoms with Crippen LogP contribution >= 0.6 is 0 Å². The van der Waals surface area contributed by atoms with E-state index in [0.29, 0.717) is 24.2 Å². The van der Waals surface area contributed by atoms with E-state index < -0.39 is 0 Å². The van der Waals surface area contributed by atoms with Crippen LogP contribution < -0.4 is 42.6 Å². The number of hydrogen-bond donors (Lipinski definition) is 7. The molecule has 0 unspecified atom stereocenters. The summed E-state index contributed by atoms with van der Waals surface area (Å²) in [4.78, 5) is 35.9. The molecule has 0 spiro atoms. The van der Waals surface area contributed by atoms with E-state index >= 15 is 0 Å². The number of carbonyl (C=O) groups excluding carboxylic acids is 2. The number of allylic oxidation sites excluding steroid dienone is 4. The van der Waals surface area contributed by atoms with Crippen molar-refractivity contribution in [3.8, 4) is 11.1 Å². The number of carbonyl (C=O) groups is 2. The van der Waals surface area contributed by atoms with Crippen molar-refractivity contribution in [3.63, 3.8) is 0 Å². The quantitative estimate of drug-likeness (QED) is 0.0144. The molecule has 7 rings (SSSR count). The van der Waals surface area contributed by atoms with Crippen LogP contribution in [0.3, 0.4) is 0 Å². The maximum absolute atomic E-state index is 13.0. The van der Waals surface area contributed by atoms with Crippen molar-refractivity contribution in [2.75, 3.05) is 48.3 Å². The zero-order valence-corrected chi connectivity index (χ0v) is 44.4. The maximum atomic E-state index is 13.0. The highest BCUT2D eigenvalue weighted by Gasteiger charge is 2.22. The first kappa shape index (κ1) is 53.3. The Labute approximate surface area is 433 Å². The first-order valence-electron chi connectivity index (χ1n) is 26.2. The molecule has 12 heteroatoms. The fourth-order valence-corrected chi connectivity index (χ4v) is 9.23. The molecule has 2 amide bonds. The maximum Gasteiger partial charge on any atom is 0.251 e. The third-order valence-corrected chi connectivity index (χ3v) is 13.5. The van der Waals surface area contributed by atoms with E-state index in [2.05, 4.69) is 110 Å². The number of nitrogens with zero attached hydrogens (tertiary/aromatic N) is 3. The van der Waals surface area contributed by atoms with Gasteiger partial charge in [0.1, 0.15) is 11.0 Å². The minimum absolute atomic E-state index is 0.0704. The molecule has 0 saturated carbocycles. The molecule has 0 radical (unpaired) electrons. The highest BCUT2D eigenvalue weighted by molar-refractivity contribution is 6.13. The van der Waals surface area contributed by atoms with Gasteiger partial charge in [-0.1, -0.05) is 56.5 Å². The van der Waals surface area contributed by atoms with Crippen molar-refractivity contribution in [2.24, 2.45) is 4.99 Å². The SMILES string of the molecule is C=C1C=C(NCCCCCCNC(=O)c2ccc(-c3ccc(C(=O)NCCCCCCNc4cc5c(cc4C)nc4cc(C)c(N)cc4[n+]5C(C)C)cc3)cc2)C(C)=C/C1=N/c1cc(C)c(N)cc1NC(C)C. The van der Waals surface area contributed by atoms with Gasteiger partial charge in [-0.15, -0.1) is 0 Å². The lowest BCUT2D eigenvalue weighted by atomic mass is 9.99. The van der Waals surface area contributed by atoms with Gasteiger partial charge in [-0.3, -0.25) is 9.59 Å². The van der Waals surface area contributed by atoms with Gasteiger partial charge in [0, 0.05) is 78.2 Å². The predicted molar refractivity (Wildman–Crippen MR) is 306 cm³/mol. The third-order valence-electron chi connectivity index (χ3n) is 13.5. The van der Waals surface area contributed by atoms with E-state index in [1.807, 2.05) is 80.6 Å². The van der Waals surface area contributed by atoms with E-state index in [4.69, 9.17) is 21.4 Å². The molecule has 5 aromatic carbocycles. The Hall–Kier alpha value is -7.47. The summed E-state index contributed by atoms with van der Waals surface area (Å²) in [6.45, 7) is 24.1. The summed E-state index contributed by atoms with van der Waals surface area (Å²) in [5.74, 6) is -0.145. The van der Waals surface area contributed by atoms with Crippen molar-refractivity contribution in [1.82, 2.24) is 20.9 Å². The molecule has 382 valence electrons. The molecule has 6 aromatic rings. The predicted octanol–water partition coefficient (Wildman–Crippen LogP) is 12.3. The summed E-state index contributed by atoms with van der Waals surface area (Å²) in [5, 5.41) is 16.9. The van der Waals surface area contributed by atoms with Crippen LogP contribution in [0.2, 0.25) is 0 Å². The van der Waals surface area contributed by atoms with Crippen molar-refractivity contribution in [3.05, 3.63) is 148 Å². The van der Waals surface area contributed by atoms with Crippen LogP contribution in [0, 0.1) is 20.8 Å². The number of nitrogens with one attached hydrogen (secondary N) is 5. The highest BCUT2D eigenvalue weighted by atomic mass is 16.2. The number of unbranched alkanes of at least 4 members (excludes halogenated alkanes) is 6. The minimum Gasteiger partial charge on any atom is -0.398 e. The summed E-state index contributed by atoms with van der Waals surface area (Å²) in [6, 6.07) is 28.2. The molecular weight excluding hydrogens is 905 g/mol. The lowest BCUT2D eigenvalue weighted by Gasteiger charge is -2.19. The van der Waals surface area contributed by atoms with Crippen LogP contribution in [-0.2, 0) is 0 Å². The van der Waals surface area contributed by atoms with E-state index in [-0.39, 0.29) is 23.9 Å². The monoisotopic (exact) mass is 982 g/mol. The molecular formula is C61H77N10O2+. The first-order chi connectivity index (χ1) is 35.1. The van der Waals surface area contributed by atoms with Gasteiger partial charge < -0.3 is 38.1 Å². The fraction of sp³-hybridized carbons (Fsp3) is 0.361. The average molecular weight is 982 g/mol. The molecule has 1 aromatic heterocycles. The topological polar surface area (TPSA) is 175 Å². The van der Waals surface area contributed by atoms with Gasteiger partial charge in [0.05, 0.1) is 17.1 Å². The number of benzene rings is 5. The van der Waals surface area contributed by atoms with Gasteiger partial charge >= 0.3 is 0 Å². The van der Waals surface area contributed by atoms with Crippen LogP contribution in [0.15, 0.2) is 125 Å². The van der Waals surface area contributed by atoms with Crippen molar-refractivity contribution in [1.29, 1.82) is 0 Å². The molecule has 0 saturated heterocycles. The van der Waals surface area contributed by atoms with E-state index in [0.717, 1.165) is 160 Å². The number of nitrogens with two attached hydrogens (primary N) is 2.